The van der Waals surface area contributed by atoms with Gasteiger partial charge in [-0.15, -0.1) is 11.3 Å². The van der Waals surface area contributed by atoms with Crippen molar-refractivity contribution < 1.29 is 0 Å². The molecule has 8 heteroatoms. The smallest absolute Gasteiger partial charge is 0.231 e. The molecule has 0 bridgehead atoms. The fourth-order valence-corrected chi connectivity index (χ4v) is 2.35. The van der Waals surface area contributed by atoms with Crippen LogP contribution in [-0.4, -0.2) is 40.6 Å². The predicted molar refractivity (Wildman–Crippen MR) is 87.1 cm³/mol. The molecule has 21 heavy (non-hydrogen) atoms. The Morgan fingerprint density at radius 1 is 1.14 bits per heavy atom. The minimum absolute atomic E-state index is 0.568. The van der Waals surface area contributed by atoms with Crippen LogP contribution in [0.1, 0.15) is 23.2 Å². The van der Waals surface area contributed by atoms with Gasteiger partial charge >= 0.3 is 0 Å². The van der Waals surface area contributed by atoms with Gasteiger partial charge in [-0.25, -0.2) is 4.98 Å². The van der Waals surface area contributed by atoms with Gasteiger partial charge in [0.15, 0.2) is 0 Å². The number of aromatic nitrogens is 4. The molecule has 0 fully saturated rings. The van der Waals surface area contributed by atoms with E-state index in [0.717, 1.165) is 22.9 Å². The predicted octanol–water partition coefficient (Wildman–Crippen LogP) is 2.14. The minimum Gasteiger partial charge on any atom is -0.354 e. The van der Waals surface area contributed by atoms with Crippen molar-refractivity contribution in [3.63, 3.8) is 0 Å². The molecule has 114 valence electrons. The molecule has 2 aromatic heterocycles. The number of nitrogens with one attached hydrogen (secondary N) is 2. The number of nitrogens with zero attached hydrogens (tertiary/aromatic N) is 5. The third-order valence-corrected chi connectivity index (χ3v) is 3.56. The van der Waals surface area contributed by atoms with E-state index in [1.165, 1.54) is 0 Å². The molecular weight excluding hydrogens is 286 g/mol. The van der Waals surface area contributed by atoms with Gasteiger partial charge in [0, 0.05) is 31.7 Å². The lowest BCUT2D eigenvalue weighted by atomic mass is 10.5. The van der Waals surface area contributed by atoms with Crippen LogP contribution < -0.4 is 15.5 Å². The molecule has 7 nitrogen and oxygen atoms in total. The van der Waals surface area contributed by atoms with Crippen LogP contribution in [0, 0.1) is 6.92 Å². The summed E-state index contributed by atoms with van der Waals surface area (Å²) in [4.78, 5) is 20.4. The van der Waals surface area contributed by atoms with Crippen molar-refractivity contribution >= 4 is 29.2 Å². The quantitative estimate of drug-likeness (QED) is 0.811. The van der Waals surface area contributed by atoms with Crippen LogP contribution in [0.2, 0.25) is 0 Å². The first kappa shape index (κ1) is 15.4. The van der Waals surface area contributed by atoms with E-state index in [0.29, 0.717) is 24.4 Å². The topological polar surface area (TPSA) is 78.9 Å². The van der Waals surface area contributed by atoms with Gasteiger partial charge in [0.1, 0.15) is 0 Å². The summed E-state index contributed by atoms with van der Waals surface area (Å²) in [6.07, 6.45) is 2.89. The normalized spacial score (nSPS) is 10.5. The Labute approximate surface area is 128 Å². The van der Waals surface area contributed by atoms with Gasteiger partial charge in [-0.2, -0.15) is 15.0 Å². The van der Waals surface area contributed by atoms with Crippen LogP contribution >= 0.6 is 11.3 Å². The van der Waals surface area contributed by atoms with Crippen molar-refractivity contribution in [2.75, 3.05) is 36.2 Å². The van der Waals surface area contributed by atoms with E-state index in [4.69, 9.17) is 0 Å². The number of hydrogen-bond donors (Lipinski definition) is 2. The molecule has 2 aromatic rings. The zero-order valence-corrected chi connectivity index (χ0v) is 13.7. The monoisotopic (exact) mass is 307 g/mol. The van der Waals surface area contributed by atoms with Crippen LogP contribution in [0.25, 0.3) is 0 Å². The standard InChI is InChI=1S/C13H21N7S/c1-5-6-14-11-17-12(19-13(18-11)20(3)4)16-8-10-7-15-9(2)21-10/h7H,5-6,8H2,1-4H3,(H2,14,16,17,18,19). The van der Waals surface area contributed by atoms with Crippen LogP contribution in [0.4, 0.5) is 17.8 Å². The summed E-state index contributed by atoms with van der Waals surface area (Å²) in [5.41, 5.74) is 0. The molecule has 0 atom stereocenters. The molecular formula is C13H21N7S. The molecule has 2 heterocycles. The number of thiazole rings is 1. The van der Waals surface area contributed by atoms with E-state index in [-0.39, 0.29) is 0 Å². The highest BCUT2D eigenvalue weighted by molar-refractivity contribution is 7.11. The van der Waals surface area contributed by atoms with Gasteiger partial charge in [-0.05, 0) is 13.3 Å². The van der Waals surface area contributed by atoms with Crippen molar-refractivity contribution in [3.8, 4) is 0 Å². The van der Waals surface area contributed by atoms with Crippen LogP contribution in [-0.2, 0) is 6.54 Å². The Kier molecular flexibility index (Phi) is 5.26. The molecule has 0 spiro atoms. The van der Waals surface area contributed by atoms with Crippen molar-refractivity contribution in [1.29, 1.82) is 0 Å². The highest BCUT2D eigenvalue weighted by Crippen LogP contribution is 2.15. The fraction of sp³-hybridized carbons (Fsp3) is 0.538. The second kappa shape index (κ2) is 7.16. The largest absolute Gasteiger partial charge is 0.354 e. The second-order valence-corrected chi connectivity index (χ2v) is 6.12. The average Bonchev–Trinajstić information content (AvgIpc) is 2.88. The summed E-state index contributed by atoms with van der Waals surface area (Å²) >= 11 is 1.66. The van der Waals surface area contributed by atoms with Gasteiger partial charge < -0.3 is 15.5 Å². The van der Waals surface area contributed by atoms with Crippen LogP contribution in [0.15, 0.2) is 6.20 Å². The first-order valence-electron chi connectivity index (χ1n) is 6.91. The molecule has 0 saturated heterocycles. The molecule has 0 aliphatic rings. The van der Waals surface area contributed by atoms with E-state index in [2.05, 4.69) is 37.5 Å². The van der Waals surface area contributed by atoms with Gasteiger partial charge in [-0.3, -0.25) is 0 Å². The molecule has 0 aliphatic heterocycles. The Morgan fingerprint density at radius 2 is 1.86 bits per heavy atom. The number of anilines is 3. The molecule has 0 aliphatic carbocycles. The van der Waals surface area contributed by atoms with Gasteiger partial charge in [-0.1, -0.05) is 6.92 Å². The molecule has 0 amide bonds. The summed E-state index contributed by atoms with van der Waals surface area (Å²) in [5.74, 6) is 1.79. The SMILES string of the molecule is CCCNc1nc(NCc2cnc(C)s2)nc(N(C)C)n1. The first-order valence-corrected chi connectivity index (χ1v) is 7.72. The van der Waals surface area contributed by atoms with Gasteiger partial charge in [0.25, 0.3) is 0 Å². The highest BCUT2D eigenvalue weighted by Gasteiger charge is 2.08. The molecule has 0 unspecified atom stereocenters. The van der Waals surface area contributed by atoms with E-state index >= 15 is 0 Å². The van der Waals surface area contributed by atoms with E-state index in [9.17, 15) is 0 Å². The number of hydrogen-bond acceptors (Lipinski definition) is 8. The van der Waals surface area contributed by atoms with Crippen LogP contribution in [0.3, 0.4) is 0 Å². The summed E-state index contributed by atoms with van der Waals surface area (Å²) in [5, 5.41) is 7.48. The van der Waals surface area contributed by atoms with Crippen LogP contribution in [0.5, 0.6) is 0 Å². The third-order valence-electron chi connectivity index (χ3n) is 2.65. The number of rotatable bonds is 7. The maximum atomic E-state index is 4.40. The average molecular weight is 307 g/mol. The van der Waals surface area contributed by atoms with Gasteiger partial charge in [0.05, 0.1) is 11.6 Å². The van der Waals surface area contributed by atoms with Crippen molar-refractivity contribution in [2.45, 2.75) is 26.8 Å². The lowest BCUT2D eigenvalue weighted by Crippen LogP contribution is -2.17. The molecule has 0 aromatic carbocycles. The zero-order valence-electron chi connectivity index (χ0n) is 12.8. The van der Waals surface area contributed by atoms with Crippen molar-refractivity contribution in [2.24, 2.45) is 0 Å². The maximum absolute atomic E-state index is 4.40. The lowest BCUT2D eigenvalue weighted by molar-refractivity contribution is 0.911. The van der Waals surface area contributed by atoms with E-state index < -0.39 is 0 Å². The van der Waals surface area contributed by atoms with Gasteiger partial charge in [0.2, 0.25) is 17.8 Å². The molecule has 2 N–H and O–H groups in total. The third kappa shape index (κ3) is 4.52. The molecule has 2 rings (SSSR count). The second-order valence-electron chi connectivity index (χ2n) is 4.80. The highest BCUT2D eigenvalue weighted by atomic mass is 32.1. The van der Waals surface area contributed by atoms with Crippen molar-refractivity contribution in [3.05, 3.63) is 16.1 Å². The molecule has 0 radical (unpaired) electrons. The molecule has 0 saturated carbocycles. The summed E-state index contributed by atoms with van der Waals surface area (Å²) < 4.78 is 0. The summed E-state index contributed by atoms with van der Waals surface area (Å²) in [6, 6.07) is 0. The van der Waals surface area contributed by atoms with E-state index in [1.54, 1.807) is 11.3 Å². The summed E-state index contributed by atoms with van der Waals surface area (Å²) in [7, 11) is 3.82. The Bertz CT molecular complexity index is 582. The Morgan fingerprint density at radius 3 is 2.43 bits per heavy atom. The van der Waals surface area contributed by atoms with E-state index in [1.807, 2.05) is 32.1 Å². The minimum atomic E-state index is 0.568. The Balaban J connectivity index is 2.11. The zero-order chi connectivity index (χ0) is 15.2. The fourth-order valence-electron chi connectivity index (χ4n) is 1.61. The maximum Gasteiger partial charge on any atom is 0.231 e. The Hall–Kier alpha value is -1.96. The van der Waals surface area contributed by atoms with Crippen molar-refractivity contribution in [1.82, 2.24) is 19.9 Å². The number of aryl methyl sites for hydroxylation is 1. The lowest BCUT2D eigenvalue weighted by Gasteiger charge is -2.13. The first-order chi connectivity index (χ1) is 10.1. The summed E-state index contributed by atoms with van der Waals surface area (Å²) in [6.45, 7) is 5.60.